The van der Waals surface area contributed by atoms with E-state index < -0.39 is 47.1 Å². The van der Waals surface area contributed by atoms with Crippen molar-refractivity contribution in [1.29, 1.82) is 0 Å². The molecule has 5 aromatic rings. The summed E-state index contributed by atoms with van der Waals surface area (Å²) in [5.74, 6) is -0.476. The van der Waals surface area contributed by atoms with Crippen LogP contribution in [-0.4, -0.2) is 120 Å². The Morgan fingerprint density at radius 1 is 1.03 bits per heavy atom. The van der Waals surface area contributed by atoms with E-state index in [0.717, 1.165) is 61.1 Å². The van der Waals surface area contributed by atoms with E-state index in [9.17, 15) is 32.3 Å². The quantitative estimate of drug-likeness (QED) is 0.0845. The second-order valence-electron chi connectivity index (χ2n) is 19.5. The molecule has 0 bridgehead atoms. The van der Waals surface area contributed by atoms with E-state index in [2.05, 4.69) is 59.7 Å². The first-order valence-corrected chi connectivity index (χ1v) is 27.3. The Kier molecular flexibility index (Phi) is 14.1. The van der Waals surface area contributed by atoms with Crippen LogP contribution in [0, 0.1) is 21.4 Å². The number of carbonyl (C=O) groups excluding carboxylic acids is 2. The van der Waals surface area contributed by atoms with E-state index >= 15 is 0 Å². The summed E-state index contributed by atoms with van der Waals surface area (Å²) in [6.45, 7) is 11.6. The van der Waals surface area contributed by atoms with Gasteiger partial charge in [0.1, 0.15) is 22.9 Å². The van der Waals surface area contributed by atoms with E-state index in [0.29, 0.717) is 62.0 Å². The van der Waals surface area contributed by atoms with Gasteiger partial charge >= 0.3 is 0 Å². The minimum atomic E-state index is -4.68. The molecular formula is C50H57ClN8O9S2. The van der Waals surface area contributed by atoms with Gasteiger partial charge in [-0.05, 0) is 97.5 Å². The van der Waals surface area contributed by atoms with Gasteiger partial charge in [0.2, 0.25) is 0 Å². The molecule has 370 valence electrons. The number of nitro groups is 1. The highest BCUT2D eigenvalue weighted by Crippen LogP contribution is 2.44. The van der Waals surface area contributed by atoms with Gasteiger partial charge in [-0.2, -0.15) is 4.36 Å². The summed E-state index contributed by atoms with van der Waals surface area (Å²) in [6, 6.07) is 18.9. The number of pyridine rings is 1. The first kappa shape index (κ1) is 49.1. The number of halogens is 1. The van der Waals surface area contributed by atoms with Crippen molar-refractivity contribution >= 4 is 71.1 Å². The number of hydrogen-bond donors (Lipinski definition) is 2. The predicted octanol–water partition coefficient (Wildman–Crippen LogP) is 8.09. The molecule has 9 rings (SSSR count). The number of rotatable bonds is 13. The summed E-state index contributed by atoms with van der Waals surface area (Å²) in [7, 11) is -7.24. The fourth-order valence-corrected chi connectivity index (χ4v) is 13.0. The number of hydrogen-bond acceptors (Lipinski definition) is 13. The van der Waals surface area contributed by atoms with E-state index in [4.69, 9.17) is 21.1 Å². The molecule has 2 aromatic heterocycles. The number of amides is 2. The lowest BCUT2D eigenvalue weighted by molar-refractivity contribution is -0.386. The Bertz CT molecular complexity index is 3110. The third-order valence-electron chi connectivity index (χ3n) is 13.8. The lowest BCUT2D eigenvalue weighted by Gasteiger charge is -2.39. The van der Waals surface area contributed by atoms with Crippen LogP contribution in [0.2, 0.25) is 5.02 Å². The van der Waals surface area contributed by atoms with Crippen molar-refractivity contribution in [3.8, 4) is 17.2 Å². The first-order valence-electron chi connectivity index (χ1n) is 23.6. The van der Waals surface area contributed by atoms with E-state index in [1.165, 1.54) is 42.0 Å². The van der Waals surface area contributed by atoms with Crippen molar-refractivity contribution in [1.82, 2.24) is 24.5 Å². The Morgan fingerprint density at radius 3 is 2.51 bits per heavy atom. The Hall–Kier alpha value is -5.86. The zero-order valence-corrected chi connectivity index (χ0v) is 41.8. The third-order valence-corrected chi connectivity index (χ3v) is 17.6. The molecule has 0 radical (unpaired) electrons. The molecule has 2 saturated heterocycles. The molecule has 70 heavy (non-hydrogen) atoms. The smallest absolute Gasteiger partial charge is 0.277 e. The van der Waals surface area contributed by atoms with Gasteiger partial charge < -0.3 is 24.3 Å². The average molecular weight is 1010 g/mol. The number of H-pyrrole nitrogens is 1. The molecule has 1 atom stereocenters. The van der Waals surface area contributed by atoms with Crippen LogP contribution in [-0.2, 0) is 31.0 Å². The molecule has 2 fully saturated rings. The highest BCUT2D eigenvalue weighted by molar-refractivity contribution is 7.94. The molecule has 5 heterocycles. The van der Waals surface area contributed by atoms with Crippen LogP contribution in [0.3, 0.4) is 0 Å². The molecule has 3 aromatic carbocycles. The highest BCUT2D eigenvalue weighted by Gasteiger charge is 2.34. The van der Waals surface area contributed by atoms with Gasteiger partial charge in [0.25, 0.3) is 27.5 Å². The summed E-state index contributed by atoms with van der Waals surface area (Å²) in [4.78, 5) is 51.2. The molecule has 3 aliphatic heterocycles. The van der Waals surface area contributed by atoms with Crippen LogP contribution in [0.15, 0.2) is 94.0 Å². The Labute approximate surface area is 412 Å². The number of nitrogens with zero attached hydrogens (tertiary/aromatic N) is 6. The SMILES string of the molecule is CC(=O)N=S1(=O)CCN(CC[C@@H]2COc3cc(S(=O)(=O)NC(=O)c4ccc(N5CCN(CC6=C(c7ccc(Cl)cc7)CC(C)(C)CC6)CC5)cc4Oc4cnc5[nH]ccc5c4)cc([N+](=O)[O-])c3C2)CC1. The molecule has 2 N–H and O–H groups in total. The minimum absolute atomic E-state index is 0.0596. The number of allylic oxidation sites excluding steroid dienone is 1. The number of piperazine rings is 1. The largest absolute Gasteiger partial charge is 0.493 e. The summed E-state index contributed by atoms with van der Waals surface area (Å²) in [5, 5.41) is 13.9. The fourth-order valence-electron chi connectivity index (χ4n) is 9.89. The number of anilines is 1. The van der Waals surface area contributed by atoms with Gasteiger partial charge in [0.05, 0.1) is 43.5 Å². The number of carbonyl (C=O) groups is 2. The third kappa shape index (κ3) is 11.3. The Morgan fingerprint density at radius 2 is 1.79 bits per heavy atom. The van der Waals surface area contributed by atoms with Crippen LogP contribution in [0.5, 0.6) is 17.2 Å². The second-order valence-corrected chi connectivity index (χ2v) is 24.1. The number of aromatic nitrogens is 2. The Balaban J connectivity index is 0.904. The molecular weight excluding hydrogens is 956 g/mol. The molecule has 17 nitrogen and oxygen atoms in total. The maximum absolute atomic E-state index is 14.1. The summed E-state index contributed by atoms with van der Waals surface area (Å²) in [5.41, 5.74) is 5.48. The van der Waals surface area contributed by atoms with E-state index in [1.807, 2.05) is 18.2 Å². The van der Waals surface area contributed by atoms with Crippen LogP contribution in [0.4, 0.5) is 11.4 Å². The van der Waals surface area contributed by atoms with Crippen molar-refractivity contribution in [3.05, 3.63) is 117 Å². The predicted molar refractivity (Wildman–Crippen MR) is 270 cm³/mol. The molecule has 20 heteroatoms. The van der Waals surface area contributed by atoms with Crippen molar-refractivity contribution in [2.75, 3.05) is 75.4 Å². The first-order chi connectivity index (χ1) is 33.4. The van der Waals surface area contributed by atoms with Crippen LogP contribution < -0.4 is 19.1 Å². The lowest BCUT2D eigenvalue weighted by atomic mass is 9.72. The van der Waals surface area contributed by atoms with Gasteiger partial charge in [0.15, 0.2) is 0 Å². The van der Waals surface area contributed by atoms with E-state index in [-0.39, 0.29) is 47.0 Å². The molecule has 4 aliphatic rings. The van der Waals surface area contributed by atoms with Crippen LogP contribution in [0.1, 0.15) is 67.9 Å². The number of nitrogens with one attached hydrogen (secondary N) is 2. The van der Waals surface area contributed by atoms with Crippen molar-refractivity contribution in [2.45, 2.75) is 57.8 Å². The topological polar surface area (TPSA) is 210 Å². The van der Waals surface area contributed by atoms with Crippen molar-refractivity contribution in [3.63, 3.8) is 0 Å². The van der Waals surface area contributed by atoms with Crippen LogP contribution >= 0.6 is 11.6 Å². The molecule has 0 spiro atoms. The fraction of sp³-hybridized carbons (Fsp3) is 0.420. The minimum Gasteiger partial charge on any atom is -0.493 e. The van der Waals surface area contributed by atoms with Crippen LogP contribution in [0.25, 0.3) is 16.6 Å². The monoisotopic (exact) mass is 1010 g/mol. The maximum atomic E-state index is 14.1. The highest BCUT2D eigenvalue weighted by atomic mass is 35.5. The van der Waals surface area contributed by atoms with Crippen molar-refractivity contribution in [2.24, 2.45) is 15.7 Å². The molecule has 0 saturated carbocycles. The summed E-state index contributed by atoms with van der Waals surface area (Å²) in [6.07, 6.45) is 7.31. The standard InChI is InChI=1S/C50H57ClN8O9S2/c1-33(60)54-69(64)22-20-56(21-23-69)15-12-34-24-43-45(59(62)63)27-41(28-46(43)67-32-34)70(65,66)55-49(61)42-9-8-39(26-47(42)68-40-25-36-11-14-52-48(36)53-30-40)58-18-16-57(17-19-58)31-37-10-13-50(2,3)29-44(37)35-4-6-38(51)7-5-35/h4-9,11,14,25-28,30,34H,10,12-13,15-24,29,31-32H2,1-3H3,(H,52,53)(H,55,61)/t34-/m0/s1. The number of fused-ring (bicyclic) bond motifs is 2. The zero-order chi connectivity index (χ0) is 49.4. The van der Waals surface area contributed by atoms with Gasteiger partial charge in [-0.15, -0.1) is 0 Å². The summed E-state index contributed by atoms with van der Waals surface area (Å²) >= 11 is 6.25. The lowest BCUT2D eigenvalue weighted by Crippen LogP contribution is -2.47. The average Bonchev–Trinajstić information content (AvgIpc) is 3.80. The van der Waals surface area contributed by atoms with Gasteiger partial charge in [-0.25, -0.2) is 22.3 Å². The maximum Gasteiger partial charge on any atom is 0.277 e. The number of benzene rings is 3. The van der Waals surface area contributed by atoms with E-state index in [1.54, 1.807) is 24.4 Å². The normalized spacial score (nSPS) is 19.5. The molecule has 2 amide bonds. The molecule has 1 aliphatic carbocycles. The van der Waals surface area contributed by atoms with Crippen molar-refractivity contribution < 1.29 is 36.6 Å². The van der Waals surface area contributed by atoms with Gasteiger partial charge in [-0.1, -0.05) is 43.2 Å². The number of sulfonamides is 1. The molecule has 0 unspecified atom stereocenters. The number of ether oxygens (including phenoxy) is 2. The number of nitro benzene ring substituents is 1. The second kappa shape index (κ2) is 20.1. The number of aromatic amines is 1. The van der Waals surface area contributed by atoms with Gasteiger partial charge in [-0.3, -0.25) is 24.6 Å². The zero-order valence-electron chi connectivity index (χ0n) is 39.4. The summed E-state index contributed by atoms with van der Waals surface area (Å²) < 4.78 is 59.2. The van der Waals surface area contributed by atoms with Gasteiger partial charge in [0, 0.05) is 105 Å².